The first-order valence-electron chi connectivity index (χ1n) is 5.69. The zero-order valence-electron chi connectivity index (χ0n) is 10.5. The molecule has 1 aliphatic heterocycles. The van der Waals surface area contributed by atoms with E-state index >= 15 is 0 Å². The number of carbonyl (C=O) groups excluding carboxylic acids is 2. The number of rotatable bonds is 3. The minimum atomic E-state index is -3.43. The van der Waals surface area contributed by atoms with E-state index in [2.05, 4.69) is 5.32 Å². The molecule has 1 aliphatic rings. The number of sulfone groups is 1. The van der Waals surface area contributed by atoms with E-state index in [0.717, 1.165) is 4.90 Å². The largest absolute Gasteiger partial charge is 0.335 e. The molecule has 0 saturated carbocycles. The monoisotopic (exact) mass is 305 g/mol. The Morgan fingerprint density at radius 2 is 2.21 bits per heavy atom. The number of hydrogen-bond acceptors (Lipinski definition) is 6. The Labute approximate surface area is 116 Å². The number of thioether (sulfide) groups is 1. The van der Waals surface area contributed by atoms with Gasteiger partial charge in [0, 0.05) is 23.8 Å². The van der Waals surface area contributed by atoms with Gasteiger partial charge in [0.15, 0.2) is 9.84 Å². The van der Waals surface area contributed by atoms with Crippen molar-refractivity contribution in [3.8, 4) is 6.07 Å². The third-order valence-corrected chi connectivity index (χ3v) is 5.97. The highest BCUT2D eigenvalue weighted by Gasteiger charge is 2.37. The number of carbonyl (C=O) groups is 2. The van der Waals surface area contributed by atoms with Crippen molar-refractivity contribution in [2.24, 2.45) is 0 Å². The Morgan fingerprint density at radius 1 is 1.53 bits per heavy atom. The summed E-state index contributed by atoms with van der Waals surface area (Å²) in [5.41, 5.74) is 0. The predicted molar refractivity (Wildman–Crippen MR) is 70.9 cm³/mol. The highest BCUT2D eigenvalue weighted by molar-refractivity contribution is 8.01. The molecular formula is C10H15N3O4S2. The number of nitrogens with one attached hydrogen (secondary N) is 1. The molecule has 1 heterocycles. The van der Waals surface area contributed by atoms with Crippen LogP contribution >= 0.6 is 11.8 Å². The summed E-state index contributed by atoms with van der Waals surface area (Å²) in [6.45, 7) is 1.44. The molecule has 2 amide bonds. The maximum absolute atomic E-state index is 11.9. The predicted octanol–water partition coefficient (Wildman–Crippen LogP) is -1.04. The van der Waals surface area contributed by atoms with Crippen LogP contribution in [-0.4, -0.2) is 60.9 Å². The molecule has 1 N–H and O–H groups in total. The fourth-order valence-corrected chi connectivity index (χ4v) is 4.59. The minimum absolute atomic E-state index is 0.0815. The van der Waals surface area contributed by atoms with Crippen molar-refractivity contribution >= 4 is 33.4 Å². The molecule has 1 saturated heterocycles. The minimum Gasteiger partial charge on any atom is -0.335 e. The lowest BCUT2D eigenvalue weighted by molar-refractivity contribution is -0.146. The normalized spacial score (nSPS) is 19.6. The lowest BCUT2D eigenvalue weighted by Gasteiger charge is -2.33. The molecule has 19 heavy (non-hydrogen) atoms. The van der Waals surface area contributed by atoms with Crippen molar-refractivity contribution in [1.82, 2.24) is 10.2 Å². The Hall–Kier alpha value is -1.27. The first-order valence-corrected chi connectivity index (χ1v) is 8.56. The molecule has 0 radical (unpaired) electrons. The van der Waals surface area contributed by atoms with Crippen molar-refractivity contribution < 1.29 is 18.0 Å². The Morgan fingerprint density at radius 3 is 2.79 bits per heavy atom. The van der Waals surface area contributed by atoms with Gasteiger partial charge >= 0.3 is 11.8 Å². The van der Waals surface area contributed by atoms with Gasteiger partial charge in [-0.25, -0.2) is 8.42 Å². The molecule has 1 unspecified atom stereocenters. The molecule has 0 aromatic carbocycles. The molecule has 1 fully saturated rings. The number of hydrogen-bond donors (Lipinski definition) is 1. The quantitative estimate of drug-likeness (QED) is 0.527. The lowest BCUT2D eigenvalue weighted by Crippen LogP contribution is -2.54. The molecule has 9 heteroatoms. The van der Waals surface area contributed by atoms with Gasteiger partial charge in [0.2, 0.25) is 0 Å². The average Bonchev–Trinajstić information content (AvgIpc) is 2.43. The summed E-state index contributed by atoms with van der Waals surface area (Å²) in [6, 6.07) is 1.68. The van der Waals surface area contributed by atoms with Crippen molar-refractivity contribution in [3.05, 3.63) is 0 Å². The van der Waals surface area contributed by atoms with Gasteiger partial charge in [-0.15, -0.1) is 0 Å². The summed E-state index contributed by atoms with van der Waals surface area (Å²) >= 11 is 1.44. The highest BCUT2D eigenvalue weighted by atomic mass is 32.2. The molecule has 106 valence electrons. The lowest BCUT2D eigenvalue weighted by atomic mass is 10.4. The van der Waals surface area contributed by atoms with Crippen molar-refractivity contribution in [3.63, 3.8) is 0 Å². The van der Waals surface area contributed by atoms with Crippen LogP contribution in [0.4, 0.5) is 0 Å². The molecule has 1 rings (SSSR count). The van der Waals surface area contributed by atoms with Crippen LogP contribution in [0.15, 0.2) is 0 Å². The van der Waals surface area contributed by atoms with Gasteiger partial charge in [-0.3, -0.25) is 9.59 Å². The fraction of sp³-hybridized carbons (Fsp3) is 0.700. The summed E-state index contributed by atoms with van der Waals surface area (Å²) in [4.78, 5) is 24.5. The first kappa shape index (κ1) is 15.8. The molecule has 0 bridgehead atoms. The molecule has 0 spiro atoms. The van der Waals surface area contributed by atoms with E-state index < -0.39 is 27.0 Å². The van der Waals surface area contributed by atoms with Gasteiger partial charge in [-0.2, -0.15) is 17.0 Å². The topological polar surface area (TPSA) is 107 Å². The van der Waals surface area contributed by atoms with Crippen molar-refractivity contribution in [2.75, 3.05) is 30.3 Å². The van der Waals surface area contributed by atoms with Gasteiger partial charge in [0.1, 0.15) is 11.9 Å². The summed E-state index contributed by atoms with van der Waals surface area (Å²) < 4.78 is 23.8. The first-order chi connectivity index (χ1) is 8.94. The third kappa shape index (κ3) is 3.84. The highest BCUT2D eigenvalue weighted by Crippen LogP contribution is 2.21. The number of nitrogens with zero attached hydrogens (tertiary/aromatic N) is 2. The maximum atomic E-state index is 11.9. The van der Waals surface area contributed by atoms with Gasteiger partial charge < -0.3 is 10.2 Å². The van der Waals surface area contributed by atoms with E-state index in [1.165, 1.54) is 18.7 Å². The van der Waals surface area contributed by atoms with Crippen LogP contribution in [0.3, 0.4) is 0 Å². The van der Waals surface area contributed by atoms with Gasteiger partial charge in [0.25, 0.3) is 0 Å². The van der Waals surface area contributed by atoms with E-state index in [-0.39, 0.29) is 24.6 Å². The van der Waals surface area contributed by atoms with Crippen LogP contribution in [-0.2, 0) is 19.4 Å². The molecule has 7 nitrogen and oxygen atoms in total. The zero-order valence-corrected chi connectivity index (χ0v) is 12.1. The van der Waals surface area contributed by atoms with Crippen LogP contribution in [0.1, 0.15) is 6.92 Å². The molecule has 1 atom stereocenters. The molecule has 0 aliphatic carbocycles. The van der Waals surface area contributed by atoms with Gasteiger partial charge in [-0.1, -0.05) is 6.92 Å². The number of amides is 2. The van der Waals surface area contributed by atoms with Crippen molar-refractivity contribution in [1.29, 1.82) is 5.26 Å². The third-order valence-electron chi connectivity index (χ3n) is 2.68. The van der Waals surface area contributed by atoms with Crippen LogP contribution in [0.2, 0.25) is 0 Å². The second-order valence-electron chi connectivity index (χ2n) is 3.82. The second kappa shape index (κ2) is 6.77. The van der Waals surface area contributed by atoms with E-state index in [9.17, 15) is 18.0 Å². The van der Waals surface area contributed by atoms with Crippen LogP contribution < -0.4 is 5.32 Å². The summed E-state index contributed by atoms with van der Waals surface area (Å²) in [5, 5.41) is 9.50. The molecule has 0 aromatic rings. The van der Waals surface area contributed by atoms with E-state index in [4.69, 9.17) is 5.26 Å². The average molecular weight is 305 g/mol. The smallest absolute Gasteiger partial charge is 0.313 e. The molecular weight excluding hydrogens is 290 g/mol. The van der Waals surface area contributed by atoms with Crippen LogP contribution in [0.25, 0.3) is 0 Å². The van der Waals surface area contributed by atoms with Gasteiger partial charge in [-0.05, 0) is 0 Å². The SMILES string of the molecule is CCS(=O)(=O)C1CSCCN1C(=O)C(=O)NCC#N. The molecule has 0 aromatic heterocycles. The standard InChI is InChI=1S/C10H15N3O4S2/c1-2-19(16,17)8-7-18-6-5-13(8)10(15)9(14)12-4-3-11/h8H,2,4-7H2,1H3,(H,12,14). The van der Waals surface area contributed by atoms with Crippen LogP contribution in [0.5, 0.6) is 0 Å². The summed E-state index contributed by atoms with van der Waals surface area (Å²) in [6.07, 6.45) is 0. The van der Waals surface area contributed by atoms with E-state index in [1.807, 2.05) is 0 Å². The van der Waals surface area contributed by atoms with Crippen LogP contribution in [0, 0.1) is 11.3 Å². The maximum Gasteiger partial charge on any atom is 0.313 e. The Kier molecular flexibility index (Phi) is 5.62. The second-order valence-corrected chi connectivity index (χ2v) is 7.42. The van der Waals surface area contributed by atoms with E-state index in [1.54, 1.807) is 6.07 Å². The fourth-order valence-electron chi connectivity index (χ4n) is 1.63. The Bertz CT molecular complexity index is 497. The van der Waals surface area contributed by atoms with Crippen molar-refractivity contribution in [2.45, 2.75) is 12.3 Å². The Balaban J connectivity index is 2.86. The van der Waals surface area contributed by atoms with E-state index in [0.29, 0.717) is 5.75 Å². The zero-order chi connectivity index (χ0) is 14.5. The summed E-state index contributed by atoms with van der Waals surface area (Å²) in [7, 11) is -3.43. The van der Waals surface area contributed by atoms with Gasteiger partial charge in [0.05, 0.1) is 6.07 Å². The summed E-state index contributed by atoms with van der Waals surface area (Å²) in [5.74, 6) is -1.05. The number of nitriles is 1.